The topological polar surface area (TPSA) is 88.6 Å². The van der Waals surface area contributed by atoms with Crippen LogP contribution in [0.15, 0.2) is 27.1 Å². The minimum atomic E-state index is -0.222. The fraction of sp³-hybridized carbons (Fsp3) is 0.571. The summed E-state index contributed by atoms with van der Waals surface area (Å²) >= 11 is 0. The number of likely N-dealkylation sites (tertiary alicyclic amines) is 1. The number of aryl methyl sites for hydroxylation is 2. The minimum absolute atomic E-state index is 0.0571. The molecule has 150 valence electrons. The van der Waals surface area contributed by atoms with Gasteiger partial charge in [0.05, 0.1) is 0 Å². The Labute approximate surface area is 164 Å². The van der Waals surface area contributed by atoms with Crippen molar-refractivity contribution in [1.29, 1.82) is 0 Å². The number of carbonyl (C=O) groups excluding carboxylic acids is 2. The van der Waals surface area contributed by atoms with E-state index in [0.29, 0.717) is 43.3 Å². The van der Waals surface area contributed by atoms with Crippen LogP contribution in [0.4, 0.5) is 0 Å². The number of piperidine rings is 1. The van der Waals surface area contributed by atoms with Gasteiger partial charge in [-0.3, -0.25) is 9.59 Å². The van der Waals surface area contributed by atoms with E-state index < -0.39 is 0 Å². The van der Waals surface area contributed by atoms with E-state index in [1.807, 2.05) is 11.0 Å². The number of carbonyl (C=O) groups is 2. The van der Waals surface area contributed by atoms with Gasteiger partial charge in [0.2, 0.25) is 5.91 Å². The average Bonchev–Trinajstić information content (AvgIpc) is 3.08. The Balaban J connectivity index is 1.19. The van der Waals surface area contributed by atoms with E-state index in [-0.39, 0.29) is 17.9 Å². The van der Waals surface area contributed by atoms with Crippen LogP contribution >= 0.6 is 0 Å². The molecule has 3 heterocycles. The van der Waals surface area contributed by atoms with E-state index in [1.165, 1.54) is 6.42 Å². The van der Waals surface area contributed by atoms with Gasteiger partial charge >= 0.3 is 0 Å². The van der Waals surface area contributed by atoms with Crippen LogP contribution in [0.5, 0.6) is 0 Å². The first-order valence-electron chi connectivity index (χ1n) is 10.1. The van der Waals surface area contributed by atoms with Gasteiger partial charge in [0.25, 0.3) is 5.91 Å². The molecule has 0 unspecified atom stereocenters. The smallest absolute Gasteiger partial charge is 0.273 e. The molecule has 2 atom stereocenters. The number of hydrogen-bond donors (Lipinski definition) is 1. The zero-order chi connectivity index (χ0) is 19.7. The molecule has 2 amide bonds. The SMILES string of the molecule is Cc1cc(C(=O)NC2CCN(C(=O)CCc3ccc([C@@H]4C[C@H]4C)o3)CC2)no1. The van der Waals surface area contributed by atoms with Crippen molar-refractivity contribution in [2.75, 3.05) is 13.1 Å². The summed E-state index contributed by atoms with van der Waals surface area (Å²) in [6.07, 6.45) is 3.80. The molecule has 1 saturated carbocycles. The summed E-state index contributed by atoms with van der Waals surface area (Å²) in [5.74, 6) is 3.78. The molecule has 0 bridgehead atoms. The van der Waals surface area contributed by atoms with E-state index in [0.717, 1.165) is 30.3 Å². The minimum Gasteiger partial charge on any atom is -0.466 e. The Morgan fingerprint density at radius 1 is 1.29 bits per heavy atom. The molecule has 1 saturated heterocycles. The lowest BCUT2D eigenvalue weighted by molar-refractivity contribution is -0.132. The average molecular weight is 385 g/mol. The van der Waals surface area contributed by atoms with E-state index >= 15 is 0 Å². The second-order valence-corrected chi connectivity index (χ2v) is 8.07. The third kappa shape index (κ3) is 4.29. The fourth-order valence-corrected chi connectivity index (χ4v) is 3.84. The first kappa shape index (κ1) is 18.8. The predicted molar refractivity (Wildman–Crippen MR) is 102 cm³/mol. The van der Waals surface area contributed by atoms with Crippen molar-refractivity contribution in [2.24, 2.45) is 5.92 Å². The predicted octanol–water partition coefficient (Wildman–Crippen LogP) is 3.05. The van der Waals surface area contributed by atoms with E-state index in [4.69, 9.17) is 8.94 Å². The van der Waals surface area contributed by atoms with Gasteiger partial charge in [-0.05, 0) is 44.2 Å². The molecular weight excluding hydrogens is 358 g/mol. The summed E-state index contributed by atoms with van der Waals surface area (Å²) in [4.78, 5) is 26.5. The molecule has 7 heteroatoms. The van der Waals surface area contributed by atoms with Gasteiger partial charge in [0, 0.05) is 44.0 Å². The molecule has 1 aliphatic heterocycles. The molecular formula is C21H27N3O4. The lowest BCUT2D eigenvalue weighted by Crippen LogP contribution is -2.46. The highest BCUT2D eigenvalue weighted by molar-refractivity contribution is 5.92. The summed E-state index contributed by atoms with van der Waals surface area (Å²) < 4.78 is 10.8. The van der Waals surface area contributed by atoms with Crippen LogP contribution in [-0.2, 0) is 11.2 Å². The molecule has 2 aromatic heterocycles. The van der Waals surface area contributed by atoms with E-state index in [1.54, 1.807) is 13.0 Å². The third-order valence-corrected chi connectivity index (χ3v) is 5.79. The van der Waals surface area contributed by atoms with Gasteiger partial charge in [-0.25, -0.2) is 0 Å². The summed E-state index contributed by atoms with van der Waals surface area (Å²) in [6.45, 7) is 5.30. The molecule has 2 fully saturated rings. The molecule has 28 heavy (non-hydrogen) atoms. The van der Waals surface area contributed by atoms with Crippen molar-refractivity contribution < 1.29 is 18.5 Å². The second kappa shape index (κ2) is 7.81. The molecule has 0 aromatic carbocycles. The Morgan fingerprint density at radius 2 is 2.04 bits per heavy atom. The lowest BCUT2D eigenvalue weighted by Gasteiger charge is -2.32. The Kier molecular flexibility index (Phi) is 5.24. The van der Waals surface area contributed by atoms with Crippen molar-refractivity contribution in [2.45, 2.75) is 57.9 Å². The van der Waals surface area contributed by atoms with Crippen molar-refractivity contribution >= 4 is 11.8 Å². The summed E-state index contributed by atoms with van der Waals surface area (Å²) in [5.41, 5.74) is 0.300. The van der Waals surface area contributed by atoms with Crippen LogP contribution in [0, 0.1) is 12.8 Å². The van der Waals surface area contributed by atoms with Gasteiger partial charge in [-0.1, -0.05) is 12.1 Å². The van der Waals surface area contributed by atoms with Gasteiger partial charge in [-0.2, -0.15) is 0 Å². The highest BCUT2D eigenvalue weighted by atomic mass is 16.5. The molecule has 1 N–H and O–H groups in total. The van der Waals surface area contributed by atoms with Gasteiger partial charge in [0.15, 0.2) is 5.69 Å². The van der Waals surface area contributed by atoms with Crippen LogP contribution in [-0.4, -0.2) is 41.0 Å². The van der Waals surface area contributed by atoms with Gasteiger partial charge < -0.3 is 19.2 Å². The lowest BCUT2D eigenvalue weighted by atomic mass is 10.0. The Bertz CT molecular complexity index is 847. The van der Waals surface area contributed by atoms with Crippen LogP contribution in [0.3, 0.4) is 0 Å². The van der Waals surface area contributed by atoms with Gasteiger partial charge in [0.1, 0.15) is 17.3 Å². The second-order valence-electron chi connectivity index (χ2n) is 8.07. The van der Waals surface area contributed by atoms with Crippen LogP contribution in [0.1, 0.15) is 66.3 Å². The summed E-state index contributed by atoms with van der Waals surface area (Å²) in [6, 6.07) is 5.74. The van der Waals surface area contributed by atoms with Crippen LogP contribution in [0.25, 0.3) is 0 Å². The first-order valence-corrected chi connectivity index (χ1v) is 10.1. The maximum atomic E-state index is 12.5. The number of aromatic nitrogens is 1. The van der Waals surface area contributed by atoms with E-state index in [2.05, 4.69) is 23.5 Å². The molecule has 0 spiro atoms. The zero-order valence-electron chi connectivity index (χ0n) is 16.4. The van der Waals surface area contributed by atoms with Crippen molar-refractivity contribution in [1.82, 2.24) is 15.4 Å². The first-order chi connectivity index (χ1) is 13.5. The summed E-state index contributed by atoms with van der Waals surface area (Å²) in [5, 5.41) is 6.71. The molecule has 2 aromatic rings. The number of nitrogens with one attached hydrogen (secondary N) is 1. The highest BCUT2D eigenvalue weighted by Gasteiger charge is 2.36. The number of amides is 2. The number of nitrogens with zero attached hydrogens (tertiary/aromatic N) is 2. The van der Waals surface area contributed by atoms with Crippen LogP contribution in [0.2, 0.25) is 0 Å². The highest BCUT2D eigenvalue weighted by Crippen LogP contribution is 2.47. The molecule has 0 radical (unpaired) electrons. The number of rotatable bonds is 6. The largest absolute Gasteiger partial charge is 0.466 e. The molecule has 1 aliphatic carbocycles. The zero-order valence-corrected chi connectivity index (χ0v) is 16.4. The van der Waals surface area contributed by atoms with E-state index in [9.17, 15) is 9.59 Å². The van der Waals surface area contributed by atoms with Crippen molar-refractivity contribution in [3.05, 3.63) is 41.2 Å². The van der Waals surface area contributed by atoms with Gasteiger partial charge in [-0.15, -0.1) is 0 Å². The maximum absolute atomic E-state index is 12.5. The standard InChI is InChI=1S/C21H27N3O4/c1-13-11-17(13)19-5-3-16(27-19)4-6-20(25)24-9-7-15(8-10-24)22-21(26)18-12-14(2)28-23-18/h3,5,12-13,15,17H,4,6-11H2,1-2H3,(H,22,26)/t13-,17-/m1/s1. The fourth-order valence-electron chi connectivity index (χ4n) is 3.84. The number of hydrogen-bond acceptors (Lipinski definition) is 5. The third-order valence-electron chi connectivity index (χ3n) is 5.79. The molecule has 7 nitrogen and oxygen atoms in total. The van der Waals surface area contributed by atoms with Crippen molar-refractivity contribution in [3.8, 4) is 0 Å². The Hall–Kier alpha value is -2.57. The summed E-state index contributed by atoms with van der Waals surface area (Å²) in [7, 11) is 0. The molecule has 4 rings (SSSR count). The van der Waals surface area contributed by atoms with Crippen molar-refractivity contribution in [3.63, 3.8) is 0 Å². The van der Waals surface area contributed by atoms with Crippen LogP contribution < -0.4 is 5.32 Å². The monoisotopic (exact) mass is 385 g/mol. The molecule has 2 aliphatic rings. The quantitative estimate of drug-likeness (QED) is 0.826. The Morgan fingerprint density at radius 3 is 2.68 bits per heavy atom. The maximum Gasteiger partial charge on any atom is 0.273 e. The normalized spacial score (nSPS) is 22.3. The number of furan rings is 1.